The van der Waals surface area contributed by atoms with Crippen molar-refractivity contribution in [2.45, 2.75) is 38.8 Å². The molecule has 168 valence electrons. The van der Waals surface area contributed by atoms with Crippen molar-refractivity contribution in [3.63, 3.8) is 0 Å². The Morgan fingerprint density at radius 2 is 1.90 bits per heavy atom. The van der Waals surface area contributed by atoms with Crippen LogP contribution >= 0.6 is 19.2 Å². The highest BCUT2D eigenvalue weighted by molar-refractivity contribution is 7.45. The number of thiophene rings is 1. The predicted molar refractivity (Wildman–Crippen MR) is 111 cm³/mol. The second-order valence-corrected chi connectivity index (χ2v) is 9.57. The molecule has 1 aliphatic heterocycles. The van der Waals surface area contributed by atoms with Gasteiger partial charge < -0.3 is 19.4 Å². The van der Waals surface area contributed by atoms with Gasteiger partial charge in [0.05, 0.1) is 6.04 Å². The Bertz CT molecular complexity index is 1010. The van der Waals surface area contributed by atoms with Gasteiger partial charge in [0.1, 0.15) is 5.82 Å². The third kappa shape index (κ3) is 6.77. The molecule has 2 aliphatic rings. The van der Waals surface area contributed by atoms with Gasteiger partial charge in [0.25, 0.3) is 0 Å². The van der Waals surface area contributed by atoms with Crippen molar-refractivity contribution < 1.29 is 38.0 Å². The van der Waals surface area contributed by atoms with Gasteiger partial charge in [-0.15, -0.1) is 11.3 Å². The van der Waals surface area contributed by atoms with Crippen LogP contribution in [0.1, 0.15) is 41.8 Å². The average molecular weight is 471 g/mol. The van der Waals surface area contributed by atoms with Crippen LogP contribution in [0.15, 0.2) is 30.3 Å². The largest absolute Gasteiger partial charge is 0.466 e. The summed E-state index contributed by atoms with van der Waals surface area (Å²) in [7, 11) is -4.64. The van der Waals surface area contributed by atoms with Crippen molar-refractivity contribution >= 4 is 30.9 Å². The van der Waals surface area contributed by atoms with E-state index in [0.717, 1.165) is 24.8 Å². The highest BCUT2D eigenvalue weighted by Crippen LogP contribution is 2.41. The lowest BCUT2D eigenvalue weighted by Gasteiger charge is -2.34. The van der Waals surface area contributed by atoms with E-state index in [1.807, 2.05) is 6.07 Å². The van der Waals surface area contributed by atoms with Gasteiger partial charge in [-0.25, -0.2) is 8.96 Å². The Morgan fingerprint density at radius 1 is 1.26 bits per heavy atom. The Labute approximate surface area is 182 Å². The van der Waals surface area contributed by atoms with E-state index >= 15 is 0 Å². The summed E-state index contributed by atoms with van der Waals surface area (Å²) in [5.41, 5.74) is 1.52. The molecule has 3 N–H and O–H groups in total. The zero-order valence-corrected chi connectivity index (χ0v) is 18.4. The maximum atomic E-state index is 14.4. The van der Waals surface area contributed by atoms with E-state index in [1.165, 1.54) is 29.2 Å². The summed E-state index contributed by atoms with van der Waals surface area (Å²) in [6.07, 6.45) is 2.57. The van der Waals surface area contributed by atoms with Crippen LogP contribution in [0.4, 0.5) is 4.39 Å². The Morgan fingerprint density at radius 3 is 2.48 bits per heavy atom. The molecule has 0 saturated heterocycles. The molecule has 0 amide bonds. The van der Waals surface area contributed by atoms with Gasteiger partial charge in [0.2, 0.25) is 0 Å². The number of carbonyl (C=O) groups is 2. The Hall–Kier alpha value is -1.94. The molecule has 1 unspecified atom stereocenters. The quantitative estimate of drug-likeness (QED) is 0.449. The molecule has 0 spiro atoms. The summed E-state index contributed by atoms with van der Waals surface area (Å²) in [6.45, 7) is 2.63. The lowest BCUT2D eigenvalue weighted by Crippen LogP contribution is -2.38. The van der Waals surface area contributed by atoms with Crippen LogP contribution in [0.25, 0.3) is 0 Å². The van der Waals surface area contributed by atoms with Gasteiger partial charge in [-0.05, 0) is 37.0 Å². The summed E-state index contributed by atoms with van der Waals surface area (Å²) in [6, 6.07) is 7.89. The van der Waals surface area contributed by atoms with E-state index in [-0.39, 0.29) is 23.5 Å². The second-order valence-electron chi connectivity index (χ2n) is 7.44. The molecule has 1 atom stereocenters. The number of benzene rings is 1. The number of hydrogen-bond acceptors (Lipinski definition) is 6. The minimum absolute atomic E-state index is 0.0556. The third-order valence-electron chi connectivity index (χ3n) is 4.93. The number of ether oxygens (including phenoxy) is 1. The van der Waals surface area contributed by atoms with Crippen LogP contribution in [0.5, 0.6) is 5.06 Å². The maximum absolute atomic E-state index is 14.4. The van der Waals surface area contributed by atoms with Crippen LogP contribution in [-0.2, 0) is 27.1 Å². The molecule has 4 rings (SSSR count). The number of rotatable bonds is 5. The first kappa shape index (κ1) is 23.7. The van der Waals surface area contributed by atoms with Gasteiger partial charge in [0.15, 0.2) is 10.8 Å². The normalized spacial score (nSPS) is 17.2. The summed E-state index contributed by atoms with van der Waals surface area (Å²) < 4.78 is 28.5. The molecular formula is C20H23FNO7PS. The van der Waals surface area contributed by atoms with E-state index in [9.17, 15) is 14.0 Å². The summed E-state index contributed by atoms with van der Waals surface area (Å²) in [5, 5.41) is 0.584. The fraction of sp³-hybridized carbons (Fsp3) is 0.400. The van der Waals surface area contributed by atoms with Gasteiger partial charge >= 0.3 is 13.8 Å². The molecule has 2 heterocycles. The highest BCUT2D eigenvalue weighted by Gasteiger charge is 2.40. The van der Waals surface area contributed by atoms with E-state index in [4.69, 9.17) is 24.0 Å². The first-order valence-electron chi connectivity index (χ1n) is 9.63. The van der Waals surface area contributed by atoms with Gasteiger partial charge in [0, 0.05) is 36.4 Å². The molecule has 1 aromatic heterocycles. The molecular weight excluding hydrogens is 448 g/mol. The lowest BCUT2D eigenvalue weighted by molar-refractivity contribution is -0.131. The van der Waals surface area contributed by atoms with Gasteiger partial charge in [-0.3, -0.25) is 14.5 Å². The molecule has 31 heavy (non-hydrogen) atoms. The smallest absolute Gasteiger partial charge is 0.416 e. The Balaban J connectivity index is 0.000000491. The fourth-order valence-corrected chi connectivity index (χ4v) is 4.61. The molecule has 1 saturated carbocycles. The minimum Gasteiger partial charge on any atom is -0.416 e. The standard InChI is InChI=1S/C20H20FNO3S.H3O4P/c1-12(23)25-18-10-14-11-22(9-8-17(14)26-18)19(20(24)13-6-7-13)15-4-2-3-5-16(15)21;1-5(2,3)4/h2-5,10,13,19H,6-9,11H2,1H3;(H3,1,2,3,4). The number of phosphoric acid groups is 1. The number of halogens is 1. The second kappa shape index (κ2) is 9.68. The van der Waals surface area contributed by atoms with Crippen LogP contribution in [0.3, 0.4) is 0 Å². The van der Waals surface area contributed by atoms with E-state index < -0.39 is 13.9 Å². The van der Waals surface area contributed by atoms with E-state index in [0.29, 0.717) is 23.7 Å². The first-order valence-corrected chi connectivity index (χ1v) is 12.0. The van der Waals surface area contributed by atoms with E-state index in [1.54, 1.807) is 18.2 Å². The predicted octanol–water partition coefficient (Wildman–Crippen LogP) is 2.96. The number of ketones is 1. The SMILES string of the molecule is CC(=O)Oc1cc2c(s1)CCN(C(C(=O)C1CC1)c1ccccc1F)C2.O=P(O)(O)O. The van der Waals surface area contributed by atoms with Crippen LogP contribution in [-0.4, -0.2) is 37.9 Å². The van der Waals surface area contributed by atoms with Crippen molar-refractivity contribution in [2.24, 2.45) is 5.92 Å². The van der Waals surface area contributed by atoms with Gasteiger partial charge in [-0.1, -0.05) is 18.2 Å². The minimum atomic E-state index is -4.64. The molecule has 2 aromatic rings. The Kier molecular flexibility index (Phi) is 7.41. The average Bonchev–Trinajstić information content (AvgIpc) is 3.42. The van der Waals surface area contributed by atoms with Crippen LogP contribution in [0.2, 0.25) is 0 Å². The number of carbonyl (C=O) groups excluding carboxylic acids is 2. The highest BCUT2D eigenvalue weighted by atomic mass is 32.1. The van der Waals surface area contributed by atoms with E-state index in [2.05, 4.69) is 4.90 Å². The van der Waals surface area contributed by atoms with Crippen molar-refractivity contribution in [3.8, 4) is 5.06 Å². The van der Waals surface area contributed by atoms with Crippen LogP contribution in [0, 0.1) is 11.7 Å². The topological polar surface area (TPSA) is 124 Å². The van der Waals surface area contributed by atoms with Gasteiger partial charge in [-0.2, -0.15) is 0 Å². The molecule has 8 nitrogen and oxygen atoms in total. The number of esters is 1. The summed E-state index contributed by atoms with van der Waals surface area (Å²) >= 11 is 1.47. The summed E-state index contributed by atoms with van der Waals surface area (Å²) in [5.74, 6) is -0.495. The molecule has 0 radical (unpaired) electrons. The molecule has 11 heteroatoms. The van der Waals surface area contributed by atoms with Crippen molar-refractivity contribution in [2.75, 3.05) is 6.54 Å². The number of Topliss-reactive ketones (excluding diaryl/α,β-unsaturated/α-hetero) is 1. The summed E-state index contributed by atoms with van der Waals surface area (Å²) in [4.78, 5) is 48.9. The molecule has 0 bridgehead atoms. The van der Waals surface area contributed by atoms with Crippen LogP contribution < -0.4 is 4.74 Å². The van der Waals surface area contributed by atoms with Crippen molar-refractivity contribution in [3.05, 3.63) is 52.2 Å². The lowest BCUT2D eigenvalue weighted by atomic mass is 9.95. The monoisotopic (exact) mass is 471 g/mol. The molecule has 1 fully saturated rings. The first-order chi connectivity index (χ1) is 14.5. The maximum Gasteiger partial charge on any atom is 0.466 e. The van der Waals surface area contributed by atoms with Crippen molar-refractivity contribution in [1.29, 1.82) is 0 Å². The third-order valence-corrected chi connectivity index (χ3v) is 6.05. The number of nitrogens with zero attached hydrogens (tertiary/aromatic N) is 1. The molecule has 1 aromatic carbocycles. The molecule has 1 aliphatic carbocycles. The fourth-order valence-electron chi connectivity index (χ4n) is 3.56. The zero-order valence-electron chi connectivity index (χ0n) is 16.7. The zero-order chi connectivity index (χ0) is 22.8. The number of fused-ring (bicyclic) bond motifs is 1. The van der Waals surface area contributed by atoms with Crippen molar-refractivity contribution in [1.82, 2.24) is 4.90 Å². The number of hydrogen-bond donors (Lipinski definition) is 3.